The molecule has 0 N–H and O–H groups in total. The average Bonchev–Trinajstić information content (AvgIpc) is 3.00. The number of hydrogen-bond acceptors (Lipinski definition) is 6. The van der Waals surface area contributed by atoms with Crippen molar-refractivity contribution >= 4 is 26.0 Å². The van der Waals surface area contributed by atoms with Gasteiger partial charge in [0.25, 0.3) is 0 Å². The van der Waals surface area contributed by atoms with E-state index in [1.165, 1.54) is 20.7 Å². The fraction of sp³-hybridized carbons (Fsp3) is 0.387. The number of amides is 1. The van der Waals surface area contributed by atoms with Crippen LogP contribution < -0.4 is 4.74 Å². The quantitative estimate of drug-likeness (QED) is 0.287. The largest absolute Gasteiger partial charge is 0.497 e. The zero-order chi connectivity index (χ0) is 30.2. The lowest BCUT2D eigenvalue weighted by Gasteiger charge is -2.39. The minimum Gasteiger partial charge on any atom is -0.497 e. The van der Waals surface area contributed by atoms with Gasteiger partial charge in [0.2, 0.25) is 26.0 Å². The average molecular weight is 614 g/mol. The second-order valence-corrected chi connectivity index (χ2v) is 14.3. The lowest BCUT2D eigenvalue weighted by molar-refractivity contribution is -0.135. The van der Waals surface area contributed by atoms with E-state index < -0.39 is 20.0 Å². The first-order valence-electron chi connectivity index (χ1n) is 14.1. The van der Waals surface area contributed by atoms with Crippen molar-refractivity contribution in [3.63, 3.8) is 0 Å². The van der Waals surface area contributed by atoms with Gasteiger partial charge >= 0.3 is 0 Å². The van der Waals surface area contributed by atoms with Crippen LogP contribution in [0.3, 0.4) is 0 Å². The second-order valence-electron chi connectivity index (χ2n) is 10.4. The number of ether oxygens (including phenoxy) is 1. The molecule has 1 fully saturated rings. The van der Waals surface area contributed by atoms with Gasteiger partial charge < -0.3 is 9.64 Å². The summed E-state index contributed by atoms with van der Waals surface area (Å²) in [5.41, 5.74) is 1.60. The van der Waals surface area contributed by atoms with Crippen molar-refractivity contribution in [1.29, 1.82) is 0 Å². The van der Waals surface area contributed by atoms with Crippen molar-refractivity contribution < 1.29 is 26.4 Å². The maximum atomic E-state index is 13.9. The molecule has 3 aromatic carbocycles. The second kappa shape index (κ2) is 14.3. The number of benzene rings is 3. The van der Waals surface area contributed by atoms with Crippen LogP contribution in [0.5, 0.6) is 5.75 Å². The zero-order valence-electron chi connectivity index (χ0n) is 24.1. The number of methoxy groups -OCH3 is 1. The van der Waals surface area contributed by atoms with Gasteiger partial charge in [0.15, 0.2) is 0 Å². The summed E-state index contributed by atoms with van der Waals surface area (Å²) in [6.45, 7) is 2.62. The molecule has 1 aliphatic rings. The van der Waals surface area contributed by atoms with Crippen molar-refractivity contribution in [2.75, 3.05) is 33.3 Å². The highest BCUT2D eigenvalue weighted by Crippen LogP contribution is 2.25. The first-order chi connectivity index (χ1) is 20.1. The fourth-order valence-corrected chi connectivity index (χ4v) is 8.24. The molecular weight excluding hydrogens is 574 g/mol. The van der Waals surface area contributed by atoms with Crippen LogP contribution in [0.15, 0.2) is 89.8 Å². The normalized spacial score (nSPS) is 15.0. The molecule has 1 heterocycles. The van der Waals surface area contributed by atoms with E-state index in [1.807, 2.05) is 49.4 Å². The molecule has 226 valence electrons. The number of nitrogens with zero attached hydrogens (tertiary/aromatic N) is 3. The van der Waals surface area contributed by atoms with Gasteiger partial charge in [-0.1, -0.05) is 67.6 Å². The van der Waals surface area contributed by atoms with Gasteiger partial charge in [0.05, 0.1) is 24.3 Å². The Morgan fingerprint density at radius 1 is 0.857 bits per heavy atom. The van der Waals surface area contributed by atoms with Gasteiger partial charge in [-0.05, 0) is 54.7 Å². The van der Waals surface area contributed by atoms with Crippen molar-refractivity contribution in [3.8, 4) is 5.75 Å². The lowest BCUT2D eigenvalue weighted by atomic mass is 10.0. The van der Waals surface area contributed by atoms with Crippen molar-refractivity contribution in [3.05, 3.63) is 96.1 Å². The number of piperidine rings is 1. The molecule has 0 atom stereocenters. The molecule has 1 saturated heterocycles. The number of carbonyl (C=O) groups excluding carboxylic acids is 1. The Bertz CT molecular complexity index is 1510. The van der Waals surface area contributed by atoms with Gasteiger partial charge in [-0.25, -0.2) is 21.1 Å². The van der Waals surface area contributed by atoms with Gasteiger partial charge in [0, 0.05) is 32.2 Å². The topological polar surface area (TPSA) is 104 Å². The van der Waals surface area contributed by atoms with Crippen LogP contribution in [0, 0.1) is 0 Å². The van der Waals surface area contributed by atoms with Gasteiger partial charge in [-0.2, -0.15) is 4.31 Å². The van der Waals surface area contributed by atoms with E-state index in [2.05, 4.69) is 0 Å². The summed E-state index contributed by atoms with van der Waals surface area (Å²) in [6.07, 6.45) is 1.46. The fourth-order valence-electron chi connectivity index (χ4n) is 5.17. The molecule has 0 bridgehead atoms. The summed E-state index contributed by atoms with van der Waals surface area (Å²) in [4.78, 5) is 15.8. The Balaban J connectivity index is 1.53. The number of carbonyl (C=O) groups is 1. The summed E-state index contributed by atoms with van der Waals surface area (Å²) in [7, 11) is -5.82. The minimum absolute atomic E-state index is 0.0731. The van der Waals surface area contributed by atoms with E-state index in [1.54, 1.807) is 42.3 Å². The SMILES string of the molecule is CCCN(CC(=O)N(Cc1ccc(OC)cc1)C1CCN(S(=O)(=O)Cc2ccccc2)CC1)S(=O)(=O)c1ccccc1. The lowest BCUT2D eigenvalue weighted by Crippen LogP contribution is -2.51. The molecular formula is C31H39N3O6S2. The standard InChI is InChI=1S/C31H39N3O6S2/c1-3-20-33(42(38,39)30-12-8-5-9-13-30)24-31(35)34(23-26-14-16-29(40-2)17-15-26)28-18-21-32(22-19-28)41(36,37)25-27-10-6-4-7-11-27/h4-17,28H,3,18-25H2,1-2H3. The smallest absolute Gasteiger partial charge is 0.243 e. The van der Waals surface area contributed by atoms with Crippen LogP contribution in [0.4, 0.5) is 0 Å². The molecule has 3 aromatic rings. The molecule has 9 nitrogen and oxygen atoms in total. The number of rotatable bonds is 13. The van der Waals surface area contributed by atoms with Crippen LogP contribution in [-0.4, -0.2) is 75.6 Å². The first-order valence-corrected chi connectivity index (χ1v) is 17.2. The third-order valence-corrected chi connectivity index (χ3v) is 11.2. The third kappa shape index (κ3) is 7.97. The Morgan fingerprint density at radius 3 is 2.02 bits per heavy atom. The molecule has 0 aromatic heterocycles. The summed E-state index contributed by atoms with van der Waals surface area (Å²) in [6, 6.07) is 24.4. The van der Waals surface area contributed by atoms with E-state index in [0.29, 0.717) is 25.0 Å². The van der Waals surface area contributed by atoms with Gasteiger partial charge in [0.1, 0.15) is 5.75 Å². The molecule has 0 unspecified atom stereocenters. The van der Waals surface area contributed by atoms with Crippen molar-refractivity contribution in [2.24, 2.45) is 0 Å². The van der Waals surface area contributed by atoms with Crippen LogP contribution in [-0.2, 0) is 37.1 Å². The van der Waals surface area contributed by atoms with E-state index in [-0.39, 0.29) is 55.3 Å². The number of sulfonamides is 2. The summed E-state index contributed by atoms with van der Waals surface area (Å²) < 4.78 is 61.2. The van der Waals surface area contributed by atoms with Crippen LogP contribution in [0.1, 0.15) is 37.3 Å². The molecule has 42 heavy (non-hydrogen) atoms. The highest BCUT2D eigenvalue weighted by Gasteiger charge is 2.35. The van der Waals surface area contributed by atoms with E-state index in [0.717, 1.165) is 11.1 Å². The maximum absolute atomic E-state index is 13.9. The predicted octanol–water partition coefficient (Wildman–Crippen LogP) is 4.12. The third-order valence-electron chi connectivity index (χ3n) is 7.45. The van der Waals surface area contributed by atoms with Gasteiger partial charge in [-0.3, -0.25) is 4.79 Å². The van der Waals surface area contributed by atoms with Crippen LogP contribution >= 0.6 is 0 Å². The summed E-state index contributed by atoms with van der Waals surface area (Å²) >= 11 is 0. The van der Waals surface area contributed by atoms with E-state index in [9.17, 15) is 21.6 Å². The molecule has 4 rings (SSSR count). The van der Waals surface area contributed by atoms with Crippen LogP contribution in [0.2, 0.25) is 0 Å². The molecule has 11 heteroatoms. The zero-order valence-corrected chi connectivity index (χ0v) is 25.8. The molecule has 0 radical (unpaired) electrons. The highest BCUT2D eigenvalue weighted by molar-refractivity contribution is 7.89. The predicted molar refractivity (Wildman–Crippen MR) is 163 cm³/mol. The molecule has 1 aliphatic heterocycles. The highest BCUT2D eigenvalue weighted by atomic mass is 32.2. The van der Waals surface area contributed by atoms with Gasteiger partial charge in [-0.15, -0.1) is 0 Å². The number of hydrogen-bond donors (Lipinski definition) is 0. The van der Waals surface area contributed by atoms with E-state index in [4.69, 9.17) is 4.74 Å². The Hall–Kier alpha value is -3.25. The summed E-state index contributed by atoms with van der Waals surface area (Å²) in [5.74, 6) is 0.303. The van der Waals surface area contributed by atoms with Crippen molar-refractivity contribution in [1.82, 2.24) is 13.5 Å². The van der Waals surface area contributed by atoms with Crippen LogP contribution in [0.25, 0.3) is 0 Å². The molecule has 0 aliphatic carbocycles. The van der Waals surface area contributed by atoms with Crippen molar-refractivity contribution in [2.45, 2.75) is 49.4 Å². The Kier molecular flexibility index (Phi) is 10.8. The minimum atomic E-state index is -3.88. The van der Waals surface area contributed by atoms with E-state index >= 15 is 0 Å². The molecule has 1 amide bonds. The Morgan fingerprint density at radius 2 is 1.45 bits per heavy atom. The maximum Gasteiger partial charge on any atom is 0.243 e. The molecule has 0 spiro atoms. The molecule has 0 saturated carbocycles. The first kappa shape index (κ1) is 31.7. The summed E-state index contributed by atoms with van der Waals surface area (Å²) in [5, 5.41) is 0. The Labute approximate surface area is 249 Å². The monoisotopic (exact) mass is 613 g/mol.